The number of ether oxygens (including phenoxy) is 5. The number of rotatable bonds is 18. The molecule has 34 heavy (non-hydrogen) atoms. The minimum absolute atomic E-state index is 0.0741. The van der Waals surface area contributed by atoms with Crippen molar-refractivity contribution in [2.24, 2.45) is 0 Å². The maximum atomic E-state index is 15.1. The van der Waals surface area contributed by atoms with Gasteiger partial charge in [-0.15, -0.1) is 0 Å². The van der Waals surface area contributed by atoms with Crippen LogP contribution in [0.4, 0.5) is 4.39 Å². The van der Waals surface area contributed by atoms with Crippen molar-refractivity contribution in [2.75, 3.05) is 33.0 Å². The topological polar surface area (TPSA) is 92.2 Å². The molecule has 8 nitrogen and oxygen atoms in total. The molecule has 2 rings (SSSR count). The summed E-state index contributed by atoms with van der Waals surface area (Å²) in [7, 11) is 0. The number of aliphatic hydroxyl groups is 1. The highest BCUT2D eigenvalue weighted by atomic mass is 19.1. The zero-order valence-corrected chi connectivity index (χ0v) is 21.3. The van der Waals surface area contributed by atoms with Gasteiger partial charge in [-0.05, 0) is 25.7 Å². The summed E-state index contributed by atoms with van der Waals surface area (Å²) in [6.07, 6.45) is 6.16. The second kappa shape index (κ2) is 15.6. The fraction of sp³-hybridized carbons (Fsp3) is 0.840. The molecule has 1 aliphatic rings. The number of hydrogen-bond donors (Lipinski definition) is 1. The molecule has 1 fully saturated rings. The first-order valence-corrected chi connectivity index (χ1v) is 12.9. The van der Waals surface area contributed by atoms with Crippen molar-refractivity contribution in [3.63, 3.8) is 0 Å². The highest BCUT2D eigenvalue weighted by molar-refractivity contribution is 5.21. The Bertz CT molecular complexity index is 697. The lowest BCUT2D eigenvalue weighted by Crippen LogP contribution is -2.45. The van der Waals surface area contributed by atoms with Gasteiger partial charge in [-0.3, -0.25) is 0 Å². The number of unbranched alkanes of at least 4 members (excludes halogenated alkanes) is 4. The Labute approximate surface area is 203 Å². The van der Waals surface area contributed by atoms with Crippen molar-refractivity contribution in [1.82, 2.24) is 9.97 Å². The van der Waals surface area contributed by atoms with E-state index in [4.69, 9.17) is 23.7 Å². The Morgan fingerprint density at radius 2 is 1.56 bits per heavy atom. The molecule has 1 saturated heterocycles. The molecule has 9 heteroatoms. The maximum Gasteiger partial charge on any atom is 0.319 e. The Hall–Kier alpha value is -1.39. The van der Waals surface area contributed by atoms with Gasteiger partial charge < -0.3 is 28.8 Å². The monoisotopic (exact) mass is 486 g/mol. The summed E-state index contributed by atoms with van der Waals surface area (Å²) in [5.41, 5.74) is -0.197. The first-order valence-electron chi connectivity index (χ1n) is 12.9. The van der Waals surface area contributed by atoms with E-state index in [0.717, 1.165) is 51.4 Å². The largest absolute Gasteiger partial charge is 0.463 e. The van der Waals surface area contributed by atoms with E-state index in [-0.39, 0.29) is 18.2 Å². The van der Waals surface area contributed by atoms with E-state index in [9.17, 15) is 5.11 Å². The number of aromatic nitrogens is 2. The van der Waals surface area contributed by atoms with Crippen LogP contribution in [0, 0.1) is 5.95 Å². The summed E-state index contributed by atoms with van der Waals surface area (Å²) >= 11 is 0. The van der Waals surface area contributed by atoms with E-state index in [1.807, 2.05) is 13.8 Å². The van der Waals surface area contributed by atoms with Crippen LogP contribution in [0.5, 0.6) is 6.01 Å². The average molecular weight is 487 g/mol. The molecule has 1 N–H and O–H groups in total. The van der Waals surface area contributed by atoms with Crippen LogP contribution in [-0.2, 0) is 24.7 Å². The van der Waals surface area contributed by atoms with Crippen molar-refractivity contribution < 1.29 is 33.2 Å². The normalized spacial score (nSPS) is 24.6. The molecule has 0 spiro atoms. The van der Waals surface area contributed by atoms with Gasteiger partial charge in [0.05, 0.1) is 18.8 Å². The maximum absolute atomic E-state index is 15.1. The van der Waals surface area contributed by atoms with Crippen LogP contribution in [0.3, 0.4) is 0 Å². The predicted octanol–water partition coefficient (Wildman–Crippen LogP) is 4.53. The van der Waals surface area contributed by atoms with Crippen molar-refractivity contribution in [1.29, 1.82) is 0 Å². The molecule has 1 aromatic rings. The summed E-state index contributed by atoms with van der Waals surface area (Å²) in [4.78, 5) is 7.91. The lowest BCUT2D eigenvalue weighted by Gasteiger charge is -2.30. The summed E-state index contributed by atoms with van der Waals surface area (Å²) < 4.78 is 44.6. The average Bonchev–Trinajstić information content (AvgIpc) is 3.09. The van der Waals surface area contributed by atoms with Crippen LogP contribution in [0.15, 0.2) is 6.20 Å². The molecular weight excluding hydrogens is 443 g/mol. The smallest absolute Gasteiger partial charge is 0.319 e. The third-order valence-corrected chi connectivity index (χ3v) is 5.74. The Kier molecular flexibility index (Phi) is 13.2. The molecule has 2 heterocycles. The zero-order chi connectivity index (χ0) is 24.8. The van der Waals surface area contributed by atoms with Gasteiger partial charge >= 0.3 is 6.01 Å². The Morgan fingerprint density at radius 1 is 0.941 bits per heavy atom. The summed E-state index contributed by atoms with van der Waals surface area (Å²) in [6.45, 7) is 10.2. The minimum Gasteiger partial charge on any atom is -0.463 e. The number of hydrogen-bond acceptors (Lipinski definition) is 8. The Morgan fingerprint density at radius 3 is 2.21 bits per heavy atom. The molecule has 4 atom stereocenters. The van der Waals surface area contributed by atoms with E-state index in [1.165, 1.54) is 6.20 Å². The SMILES string of the molecule is CCCCOC[C@H]1OC(O)(c2cnc(OCCCC)nc2F)C(OCCCC)[C@H]1OCCCC. The van der Waals surface area contributed by atoms with Gasteiger partial charge in [0, 0.05) is 26.0 Å². The van der Waals surface area contributed by atoms with Gasteiger partial charge in [0.2, 0.25) is 11.7 Å². The molecule has 0 bridgehead atoms. The highest BCUT2D eigenvalue weighted by Gasteiger charge is 2.58. The van der Waals surface area contributed by atoms with Crippen LogP contribution < -0.4 is 4.74 Å². The van der Waals surface area contributed by atoms with Crippen molar-refractivity contribution in [3.05, 3.63) is 17.7 Å². The van der Waals surface area contributed by atoms with E-state index in [0.29, 0.717) is 26.4 Å². The Balaban J connectivity index is 2.30. The third kappa shape index (κ3) is 8.09. The van der Waals surface area contributed by atoms with Crippen molar-refractivity contribution >= 4 is 0 Å². The molecule has 196 valence electrons. The molecule has 2 unspecified atom stereocenters. The van der Waals surface area contributed by atoms with Crippen LogP contribution in [0.2, 0.25) is 0 Å². The van der Waals surface area contributed by atoms with Gasteiger partial charge in [0.15, 0.2) is 0 Å². The molecule has 1 aliphatic heterocycles. The highest BCUT2D eigenvalue weighted by Crippen LogP contribution is 2.42. The van der Waals surface area contributed by atoms with Gasteiger partial charge in [-0.1, -0.05) is 53.4 Å². The first-order chi connectivity index (χ1) is 16.5. The van der Waals surface area contributed by atoms with E-state index < -0.39 is 30.0 Å². The summed E-state index contributed by atoms with van der Waals surface area (Å²) in [5, 5.41) is 11.7. The third-order valence-electron chi connectivity index (χ3n) is 5.74. The second-order valence-electron chi connectivity index (χ2n) is 8.67. The molecule has 0 amide bonds. The quantitative estimate of drug-likeness (QED) is 0.239. The molecular formula is C25H43FN2O6. The van der Waals surface area contributed by atoms with Gasteiger partial charge in [0.1, 0.15) is 18.3 Å². The number of halogens is 1. The van der Waals surface area contributed by atoms with E-state index >= 15 is 4.39 Å². The van der Waals surface area contributed by atoms with Crippen molar-refractivity contribution in [3.8, 4) is 6.01 Å². The molecule has 0 saturated carbocycles. The van der Waals surface area contributed by atoms with Crippen LogP contribution in [-0.4, -0.2) is 66.4 Å². The number of nitrogens with zero attached hydrogens (tertiary/aromatic N) is 2. The predicted molar refractivity (Wildman–Crippen MR) is 126 cm³/mol. The summed E-state index contributed by atoms with van der Waals surface area (Å²) in [5.74, 6) is -3.02. The van der Waals surface area contributed by atoms with Crippen LogP contribution >= 0.6 is 0 Å². The summed E-state index contributed by atoms with van der Waals surface area (Å²) in [6, 6.07) is -0.0741. The van der Waals surface area contributed by atoms with Gasteiger partial charge in [-0.25, -0.2) is 4.98 Å². The van der Waals surface area contributed by atoms with Crippen molar-refractivity contribution in [2.45, 2.75) is 103 Å². The zero-order valence-electron chi connectivity index (χ0n) is 21.3. The second-order valence-corrected chi connectivity index (χ2v) is 8.67. The molecule has 0 radical (unpaired) electrons. The standard InChI is InChI=1S/C25H43FN2O6/c1-5-9-13-30-18-20-21(31-14-10-6-2)22(32-15-11-7-3)25(29,34-20)19-17-27-24(28-23(19)26)33-16-12-8-4/h17,20-22,29H,5-16,18H2,1-4H3/t20-,21+,22?,25?/m1/s1. The molecule has 0 aromatic carbocycles. The van der Waals surface area contributed by atoms with E-state index in [2.05, 4.69) is 23.8 Å². The van der Waals surface area contributed by atoms with Gasteiger partial charge in [0.25, 0.3) is 0 Å². The lowest BCUT2D eigenvalue weighted by atomic mass is 9.99. The van der Waals surface area contributed by atoms with Crippen LogP contribution in [0.25, 0.3) is 0 Å². The fourth-order valence-electron chi connectivity index (χ4n) is 3.66. The molecule has 0 aliphatic carbocycles. The lowest BCUT2D eigenvalue weighted by molar-refractivity contribution is -0.252. The first kappa shape index (κ1) is 28.8. The minimum atomic E-state index is -2.12. The fourth-order valence-corrected chi connectivity index (χ4v) is 3.66. The molecule has 1 aromatic heterocycles. The van der Waals surface area contributed by atoms with Crippen LogP contribution in [0.1, 0.15) is 84.6 Å². The van der Waals surface area contributed by atoms with E-state index in [1.54, 1.807) is 0 Å². The van der Waals surface area contributed by atoms with Gasteiger partial charge in [-0.2, -0.15) is 9.37 Å².